The first-order valence-corrected chi connectivity index (χ1v) is 9.99. The van der Waals surface area contributed by atoms with Crippen LogP contribution in [0.2, 0.25) is 0 Å². The van der Waals surface area contributed by atoms with Gasteiger partial charge in [-0.1, -0.05) is 18.2 Å². The van der Waals surface area contributed by atoms with E-state index in [1.165, 1.54) is 12.1 Å². The predicted octanol–water partition coefficient (Wildman–Crippen LogP) is 3.95. The highest BCUT2D eigenvalue weighted by Gasteiger charge is 2.29. The Hall–Kier alpha value is -3.61. The van der Waals surface area contributed by atoms with Crippen molar-refractivity contribution >= 4 is 11.6 Å². The third-order valence-electron chi connectivity index (χ3n) is 5.52. The van der Waals surface area contributed by atoms with Gasteiger partial charge in [0.05, 0.1) is 5.56 Å². The molecule has 1 aromatic carbocycles. The number of hydrogen-bond acceptors (Lipinski definition) is 4. The Labute approximate surface area is 173 Å². The van der Waals surface area contributed by atoms with E-state index in [0.717, 1.165) is 29.6 Å². The fourth-order valence-electron chi connectivity index (χ4n) is 3.95. The van der Waals surface area contributed by atoms with Crippen LogP contribution in [0.1, 0.15) is 34.9 Å². The number of carbonyl (C=O) groups is 1. The van der Waals surface area contributed by atoms with Crippen molar-refractivity contribution in [3.05, 3.63) is 84.3 Å². The quantitative estimate of drug-likeness (QED) is 0.521. The minimum Gasteiger partial charge on any atom is -0.338 e. The van der Waals surface area contributed by atoms with E-state index in [4.69, 9.17) is 0 Å². The summed E-state index contributed by atoms with van der Waals surface area (Å²) in [5.74, 6) is -0.0283. The van der Waals surface area contributed by atoms with Crippen LogP contribution in [0.4, 0.5) is 4.39 Å². The third kappa shape index (κ3) is 3.43. The number of pyridine rings is 2. The SMILES string of the molecule is O=C(c1ccccc1F)N1CCC[C@H](c2nc3ccc(-c4cccnc4)cn3n2)C1. The van der Waals surface area contributed by atoms with Gasteiger partial charge >= 0.3 is 0 Å². The molecule has 0 bridgehead atoms. The first-order valence-electron chi connectivity index (χ1n) is 9.99. The number of likely N-dealkylation sites (tertiary alicyclic amines) is 1. The van der Waals surface area contributed by atoms with E-state index in [0.29, 0.717) is 18.9 Å². The first kappa shape index (κ1) is 18.4. The Balaban J connectivity index is 1.40. The van der Waals surface area contributed by atoms with Crippen molar-refractivity contribution in [3.8, 4) is 11.1 Å². The summed E-state index contributed by atoms with van der Waals surface area (Å²) >= 11 is 0. The van der Waals surface area contributed by atoms with Crippen LogP contribution in [0, 0.1) is 5.82 Å². The maximum Gasteiger partial charge on any atom is 0.256 e. The number of aromatic nitrogens is 4. The Morgan fingerprint density at radius 1 is 1.07 bits per heavy atom. The lowest BCUT2D eigenvalue weighted by atomic mass is 9.96. The highest BCUT2D eigenvalue weighted by Crippen LogP contribution is 2.27. The molecule has 0 N–H and O–H groups in total. The summed E-state index contributed by atoms with van der Waals surface area (Å²) in [5, 5.41) is 4.68. The Morgan fingerprint density at radius 3 is 2.80 bits per heavy atom. The van der Waals surface area contributed by atoms with E-state index in [9.17, 15) is 9.18 Å². The predicted molar refractivity (Wildman–Crippen MR) is 110 cm³/mol. The monoisotopic (exact) mass is 401 g/mol. The molecule has 1 atom stereocenters. The molecular weight excluding hydrogens is 381 g/mol. The largest absolute Gasteiger partial charge is 0.338 e. The normalized spacial score (nSPS) is 16.7. The Kier molecular flexibility index (Phi) is 4.71. The molecule has 7 heteroatoms. The molecule has 1 amide bonds. The number of halogens is 1. The van der Waals surface area contributed by atoms with E-state index in [1.807, 2.05) is 36.7 Å². The van der Waals surface area contributed by atoms with Crippen LogP contribution < -0.4 is 0 Å². The van der Waals surface area contributed by atoms with Crippen molar-refractivity contribution in [2.45, 2.75) is 18.8 Å². The van der Waals surface area contributed by atoms with Crippen LogP contribution in [-0.4, -0.2) is 43.5 Å². The lowest BCUT2D eigenvalue weighted by Crippen LogP contribution is -2.39. The molecule has 0 saturated carbocycles. The molecule has 1 aliphatic heterocycles. The van der Waals surface area contributed by atoms with Gasteiger partial charge in [0.1, 0.15) is 5.82 Å². The molecule has 0 aliphatic carbocycles. The molecule has 4 heterocycles. The molecular formula is C23H20FN5O. The molecule has 5 rings (SSSR count). The fraction of sp³-hybridized carbons (Fsp3) is 0.217. The minimum absolute atomic E-state index is 0.0243. The van der Waals surface area contributed by atoms with E-state index < -0.39 is 5.82 Å². The molecule has 6 nitrogen and oxygen atoms in total. The smallest absolute Gasteiger partial charge is 0.256 e. The maximum absolute atomic E-state index is 14.1. The summed E-state index contributed by atoms with van der Waals surface area (Å²) in [6.45, 7) is 1.10. The number of benzene rings is 1. The second kappa shape index (κ2) is 7.67. The number of fused-ring (bicyclic) bond motifs is 1. The molecule has 150 valence electrons. The molecule has 3 aromatic heterocycles. The van der Waals surface area contributed by atoms with Gasteiger partial charge in [-0.15, -0.1) is 0 Å². The summed E-state index contributed by atoms with van der Waals surface area (Å²) in [4.78, 5) is 23.4. The number of carbonyl (C=O) groups excluding carboxylic acids is 1. The van der Waals surface area contributed by atoms with Gasteiger partial charge in [0.25, 0.3) is 5.91 Å². The third-order valence-corrected chi connectivity index (χ3v) is 5.52. The lowest BCUT2D eigenvalue weighted by molar-refractivity contribution is 0.0700. The zero-order valence-electron chi connectivity index (χ0n) is 16.3. The van der Waals surface area contributed by atoms with Gasteiger partial charge in [-0.05, 0) is 43.2 Å². The van der Waals surface area contributed by atoms with Gasteiger partial charge in [-0.3, -0.25) is 9.78 Å². The van der Waals surface area contributed by atoms with E-state index >= 15 is 0 Å². The summed E-state index contributed by atoms with van der Waals surface area (Å²) in [5.41, 5.74) is 2.89. The molecule has 0 radical (unpaired) electrons. The van der Waals surface area contributed by atoms with Crippen molar-refractivity contribution in [1.82, 2.24) is 24.5 Å². The van der Waals surface area contributed by atoms with E-state index in [-0.39, 0.29) is 17.4 Å². The highest BCUT2D eigenvalue weighted by atomic mass is 19.1. The van der Waals surface area contributed by atoms with Gasteiger partial charge < -0.3 is 4.90 Å². The fourth-order valence-corrected chi connectivity index (χ4v) is 3.95. The standard InChI is InChI=1S/C23H20FN5O/c24-20-8-2-1-7-19(20)23(30)28-12-4-6-18(14-28)22-26-21-10-9-17(15-29(21)27-22)16-5-3-11-25-13-16/h1-3,5,7-11,13,15,18H,4,6,12,14H2/t18-/m0/s1. The van der Waals surface area contributed by atoms with Crippen LogP contribution in [0.15, 0.2) is 67.1 Å². The average molecular weight is 401 g/mol. The number of rotatable bonds is 3. The summed E-state index contributed by atoms with van der Waals surface area (Å²) in [6, 6.07) is 14.0. The number of nitrogens with zero attached hydrogens (tertiary/aromatic N) is 5. The number of piperidine rings is 1. The second-order valence-electron chi connectivity index (χ2n) is 7.50. The number of hydrogen-bond donors (Lipinski definition) is 0. The van der Waals surface area contributed by atoms with Gasteiger partial charge in [-0.25, -0.2) is 13.9 Å². The topological polar surface area (TPSA) is 63.4 Å². The molecule has 1 aliphatic rings. The molecule has 30 heavy (non-hydrogen) atoms. The zero-order chi connectivity index (χ0) is 20.5. The van der Waals surface area contributed by atoms with Crippen molar-refractivity contribution in [2.24, 2.45) is 0 Å². The van der Waals surface area contributed by atoms with Crippen LogP contribution in [-0.2, 0) is 0 Å². The van der Waals surface area contributed by atoms with Crippen molar-refractivity contribution < 1.29 is 9.18 Å². The molecule has 0 unspecified atom stereocenters. The van der Waals surface area contributed by atoms with Gasteiger partial charge in [0.15, 0.2) is 11.5 Å². The molecule has 1 fully saturated rings. The van der Waals surface area contributed by atoms with Crippen LogP contribution in [0.25, 0.3) is 16.8 Å². The summed E-state index contributed by atoms with van der Waals surface area (Å²) in [6.07, 6.45) is 7.22. The van der Waals surface area contributed by atoms with Crippen LogP contribution >= 0.6 is 0 Å². The van der Waals surface area contributed by atoms with Crippen LogP contribution in [0.5, 0.6) is 0 Å². The molecule has 4 aromatic rings. The second-order valence-corrected chi connectivity index (χ2v) is 7.50. The van der Waals surface area contributed by atoms with Crippen molar-refractivity contribution in [2.75, 3.05) is 13.1 Å². The zero-order valence-corrected chi connectivity index (χ0v) is 16.3. The average Bonchev–Trinajstić information content (AvgIpc) is 3.23. The van der Waals surface area contributed by atoms with E-state index in [2.05, 4.69) is 15.1 Å². The van der Waals surface area contributed by atoms with Crippen LogP contribution in [0.3, 0.4) is 0 Å². The van der Waals surface area contributed by atoms with Gasteiger partial charge in [0, 0.05) is 48.7 Å². The summed E-state index contributed by atoms with van der Waals surface area (Å²) in [7, 11) is 0. The minimum atomic E-state index is -0.488. The van der Waals surface area contributed by atoms with Gasteiger partial charge in [0.2, 0.25) is 0 Å². The van der Waals surface area contributed by atoms with Gasteiger partial charge in [-0.2, -0.15) is 5.10 Å². The Bertz CT molecular complexity index is 1210. The Morgan fingerprint density at radius 2 is 1.97 bits per heavy atom. The number of amides is 1. The molecule has 1 saturated heterocycles. The maximum atomic E-state index is 14.1. The van der Waals surface area contributed by atoms with Crippen molar-refractivity contribution in [1.29, 1.82) is 0 Å². The molecule has 0 spiro atoms. The first-order chi connectivity index (χ1) is 14.7. The van der Waals surface area contributed by atoms with E-state index in [1.54, 1.807) is 27.7 Å². The van der Waals surface area contributed by atoms with Crippen molar-refractivity contribution in [3.63, 3.8) is 0 Å². The highest BCUT2D eigenvalue weighted by molar-refractivity contribution is 5.94. The lowest BCUT2D eigenvalue weighted by Gasteiger charge is -2.31. The summed E-state index contributed by atoms with van der Waals surface area (Å²) < 4.78 is 15.8.